The highest BCUT2D eigenvalue weighted by molar-refractivity contribution is 5.57. The number of rotatable bonds is 1. The number of fused-ring (bicyclic) bond motifs is 3. The zero-order chi connectivity index (χ0) is 11.9. The summed E-state index contributed by atoms with van der Waals surface area (Å²) in [6.45, 7) is 5.00. The number of nitrogens with one attached hydrogen (secondary N) is 1. The van der Waals surface area contributed by atoms with Crippen LogP contribution >= 0.6 is 0 Å². The zero-order valence-corrected chi connectivity index (χ0v) is 10.4. The first kappa shape index (κ1) is 10.5. The minimum atomic E-state index is 0.355. The van der Waals surface area contributed by atoms with E-state index in [9.17, 15) is 0 Å². The SMILES string of the molecule is c1cc2c(cc1N1CC3CNCC(C3)C1)OCO2. The van der Waals surface area contributed by atoms with E-state index in [4.69, 9.17) is 9.47 Å². The number of hydrogen-bond acceptors (Lipinski definition) is 4. The minimum Gasteiger partial charge on any atom is -0.454 e. The number of hydrogen-bond donors (Lipinski definition) is 1. The summed E-state index contributed by atoms with van der Waals surface area (Å²) in [7, 11) is 0. The van der Waals surface area contributed by atoms with Gasteiger partial charge in [0.15, 0.2) is 11.5 Å². The molecule has 18 heavy (non-hydrogen) atoms. The molecule has 1 aromatic carbocycles. The van der Waals surface area contributed by atoms with E-state index in [1.807, 2.05) is 6.07 Å². The lowest BCUT2D eigenvalue weighted by Crippen LogP contribution is -2.51. The molecule has 2 fully saturated rings. The highest BCUT2D eigenvalue weighted by Crippen LogP contribution is 2.37. The van der Waals surface area contributed by atoms with Crippen LogP contribution in [-0.4, -0.2) is 33.0 Å². The van der Waals surface area contributed by atoms with E-state index in [1.165, 1.54) is 12.1 Å². The molecule has 2 bridgehead atoms. The summed E-state index contributed by atoms with van der Waals surface area (Å²) in [6.07, 6.45) is 1.38. The molecule has 3 aliphatic rings. The quantitative estimate of drug-likeness (QED) is 0.813. The Morgan fingerprint density at radius 1 is 1.06 bits per heavy atom. The Morgan fingerprint density at radius 3 is 2.67 bits per heavy atom. The van der Waals surface area contributed by atoms with Crippen LogP contribution in [0.5, 0.6) is 11.5 Å². The largest absolute Gasteiger partial charge is 0.454 e. The monoisotopic (exact) mass is 246 g/mol. The summed E-state index contributed by atoms with van der Waals surface area (Å²) in [5.41, 5.74) is 1.27. The molecule has 2 atom stereocenters. The molecule has 2 unspecified atom stereocenters. The summed E-state index contributed by atoms with van der Waals surface area (Å²) in [5, 5.41) is 3.53. The van der Waals surface area contributed by atoms with Gasteiger partial charge >= 0.3 is 0 Å². The van der Waals surface area contributed by atoms with Gasteiger partial charge in [-0.05, 0) is 43.5 Å². The van der Waals surface area contributed by atoms with Crippen LogP contribution in [0.2, 0.25) is 0 Å². The number of benzene rings is 1. The average molecular weight is 246 g/mol. The Kier molecular flexibility index (Phi) is 2.36. The lowest BCUT2D eigenvalue weighted by Gasteiger charge is -2.42. The molecule has 0 saturated carbocycles. The maximum atomic E-state index is 5.46. The maximum absolute atomic E-state index is 5.46. The smallest absolute Gasteiger partial charge is 0.231 e. The molecule has 3 heterocycles. The van der Waals surface area contributed by atoms with E-state index in [0.717, 1.165) is 49.5 Å². The Bertz CT molecular complexity index is 451. The van der Waals surface area contributed by atoms with Gasteiger partial charge in [-0.2, -0.15) is 0 Å². The molecule has 96 valence electrons. The molecule has 4 nitrogen and oxygen atoms in total. The first-order chi connectivity index (χ1) is 8.88. The summed E-state index contributed by atoms with van der Waals surface area (Å²) < 4.78 is 10.8. The van der Waals surface area contributed by atoms with E-state index < -0.39 is 0 Å². The molecule has 4 heteroatoms. The highest BCUT2D eigenvalue weighted by Gasteiger charge is 2.30. The fraction of sp³-hybridized carbons (Fsp3) is 0.571. The van der Waals surface area contributed by atoms with Crippen LogP contribution in [0.3, 0.4) is 0 Å². The third-order valence-corrected chi connectivity index (χ3v) is 4.21. The third-order valence-electron chi connectivity index (χ3n) is 4.21. The predicted molar refractivity (Wildman–Crippen MR) is 69.2 cm³/mol. The van der Waals surface area contributed by atoms with Gasteiger partial charge in [0.25, 0.3) is 0 Å². The number of ether oxygens (including phenoxy) is 2. The standard InChI is InChI=1S/C14H18N2O2/c1-2-13-14(18-9-17-13)4-12(1)16-7-10-3-11(8-16)6-15-5-10/h1-2,4,10-11,15H,3,5-9H2. The molecule has 1 N–H and O–H groups in total. The van der Waals surface area contributed by atoms with Gasteiger partial charge in [-0.1, -0.05) is 0 Å². The molecule has 3 aliphatic heterocycles. The topological polar surface area (TPSA) is 33.7 Å². The predicted octanol–water partition coefficient (Wildman–Crippen LogP) is 1.46. The van der Waals surface area contributed by atoms with Crippen LogP contribution in [0.1, 0.15) is 6.42 Å². The molecular weight excluding hydrogens is 228 g/mol. The van der Waals surface area contributed by atoms with E-state index in [2.05, 4.69) is 22.3 Å². The van der Waals surface area contributed by atoms with Crippen LogP contribution < -0.4 is 19.7 Å². The van der Waals surface area contributed by atoms with Crippen molar-refractivity contribution in [1.29, 1.82) is 0 Å². The Morgan fingerprint density at radius 2 is 1.83 bits per heavy atom. The minimum absolute atomic E-state index is 0.355. The van der Waals surface area contributed by atoms with E-state index in [-0.39, 0.29) is 0 Å². The van der Waals surface area contributed by atoms with Gasteiger partial charge in [-0.25, -0.2) is 0 Å². The van der Waals surface area contributed by atoms with Gasteiger partial charge in [0, 0.05) is 24.8 Å². The third kappa shape index (κ3) is 1.72. The van der Waals surface area contributed by atoms with Crippen molar-refractivity contribution in [1.82, 2.24) is 5.32 Å². The number of nitrogens with zero attached hydrogens (tertiary/aromatic N) is 1. The second-order valence-electron chi connectivity index (χ2n) is 5.57. The first-order valence-electron chi connectivity index (χ1n) is 6.74. The van der Waals surface area contributed by atoms with Crippen LogP contribution in [0.15, 0.2) is 18.2 Å². The van der Waals surface area contributed by atoms with Crippen molar-refractivity contribution in [3.63, 3.8) is 0 Å². The molecule has 0 radical (unpaired) electrons. The van der Waals surface area contributed by atoms with Crippen molar-refractivity contribution >= 4 is 5.69 Å². The lowest BCUT2D eigenvalue weighted by atomic mass is 9.85. The fourth-order valence-electron chi connectivity index (χ4n) is 3.40. The van der Waals surface area contributed by atoms with Gasteiger partial charge in [-0.3, -0.25) is 0 Å². The van der Waals surface area contributed by atoms with Crippen molar-refractivity contribution in [2.24, 2.45) is 11.8 Å². The van der Waals surface area contributed by atoms with Crippen LogP contribution in [0, 0.1) is 11.8 Å². The molecule has 2 saturated heterocycles. The molecule has 0 aromatic heterocycles. The highest BCUT2D eigenvalue weighted by atomic mass is 16.7. The van der Waals surface area contributed by atoms with Crippen molar-refractivity contribution in [3.8, 4) is 11.5 Å². The van der Waals surface area contributed by atoms with Crippen molar-refractivity contribution in [3.05, 3.63) is 18.2 Å². The Labute approximate surface area is 107 Å². The normalized spacial score (nSPS) is 29.4. The average Bonchev–Trinajstić information content (AvgIpc) is 2.85. The lowest BCUT2D eigenvalue weighted by molar-refractivity contribution is 0.174. The zero-order valence-electron chi connectivity index (χ0n) is 10.4. The van der Waals surface area contributed by atoms with Crippen LogP contribution in [0.4, 0.5) is 5.69 Å². The van der Waals surface area contributed by atoms with E-state index in [0.29, 0.717) is 6.79 Å². The van der Waals surface area contributed by atoms with Crippen molar-refractivity contribution in [2.45, 2.75) is 6.42 Å². The number of anilines is 1. The molecular formula is C14H18N2O2. The fourth-order valence-corrected chi connectivity index (χ4v) is 3.40. The first-order valence-corrected chi connectivity index (χ1v) is 6.74. The molecule has 0 spiro atoms. The van der Waals surface area contributed by atoms with Crippen molar-refractivity contribution < 1.29 is 9.47 Å². The van der Waals surface area contributed by atoms with Crippen LogP contribution in [0.25, 0.3) is 0 Å². The van der Waals surface area contributed by atoms with E-state index in [1.54, 1.807) is 0 Å². The van der Waals surface area contributed by atoms with Gasteiger partial charge in [0.2, 0.25) is 6.79 Å². The molecule has 0 aliphatic carbocycles. The van der Waals surface area contributed by atoms with Gasteiger partial charge < -0.3 is 19.7 Å². The second kappa shape index (κ2) is 4.05. The van der Waals surface area contributed by atoms with Crippen LogP contribution in [-0.2, 0) is 0 Å². The second-order valence-corrected chi connectivity index (χ2v) is 5.57. The summed E-state index contributed by atoms with van der Waals surface area (Å²) in [6, 6.07) is 6.30. The summed E-state index contributed by atoms with van der Waals surface area (Å²) in [4.78, 5) is 2.50. The Balaban J connectivity index is 1.59. The maximum Gasteiger partial charge on any atom is 0.231 e. The van der Waals surface area contributed by atoms with Gasteiger partial charge in [0.05, 0.1) is 0 Å². The van der Waals surface area contributed by atoms with Gasteiger partial charge in [-0.15, -0.1) is 0 Å². The van der Waals surface area contributed by atoms with E-state index >= 15 is 0 Å². The summed E-state index contributed by atoms with van der Waals surface area (Å²) in [5.74, 6) is 3.35. The van der Waals surface area contributed by atoms with Crippen molar-refractivity contribution in [2.75, 3.05) is 37.9 Å². The Hall–Kier alpha value is -1.42. The van der Waals surface area contributed by atoms with Gasteiger partial charge in [0.1, 0.15) is 0 Å². The molecule has 1 aromatic rings. The molecule has 4 rings (SSSR count). The summed E-state index contributed by atoms with van der Waals surface area (Å²) >= 11 is 0. The number of piperidine rings is 2. The molecule has 0 amide bonds.